The molecule has 2 heterocycles. The van der Waals surface area contributed by atoms with E-state index in [1.54, 1.807) is 42.8 Å². The number of hydrogen-bond donors (Lipinski definition) is 4. The van der Waals surface area contributed by atoms with E-state index in [-0.39, 0.29) is 6.04 Å². The highest BCUT2D eigenvalue weighted by molar-refractivity contribution is 6.14. The molecule has 0 unspecified atom stereocenters. The van der Waals surface area contributed by atoms with Gasteiger partial charge in [-0.1, -0.05) is 0 Å². The van der Waals surface area contributed by atoms with Crippen molar-refractivity contribution in [3.63, 3.8) is 0 Å². The molecule has 1 saturated heterocycles. The van der Waals surface area contributed by atoms with Crippen LogP contribution in [0.5, 0.6) is 0 Å². The Labute approximate surface area is 146 Å². The first-order chi connectivity index (χ1) is 12.1. The summed E-state index contributed by atoms with van der Waals surface area (Å²) in [4.78, 5) is 10.9. The number of hydrogen-bond acceptors (Lipinski definition) is 7. The highest BCUT2D eigenvalue weighted by Crippen LogP contribution is 2.24. The standard InChI is InChI=1S/C18H21N7/c19-5-1-6-23-14-10-25(11-14)17-8-12(4-7-24-17)18(22)15-9-13(20)2-3-16(15)21/h1-9,14,22H,10-11,19-21H2. The van der Waals surface area contributed by atoms with Crippen LogP contribution in [0.1, 0.15) is 11.1 Å². The van der Waals surface area contributed by atoms with Crippen LogP contribution in [-0.2, 0) is 0 Å². The van der Waals surface area contributed by atoms with E-state index < -0.39 is 0 Å². The van der Waals surface area contributed by atoms with Gasteiger partial charge in [-0.3, -0.25) is 10.4 Å². The minimum atomic E-state index is 0.241. The zero-order chi connectivity index (χ0) is 17.8. The molecule has 128 valence electrons. The lowest BCUT2D eigenvalue weighted by atomic mass is 10.0. The Morgan fingerprint density at radius 3 is 2.80 bits per heavy atom. The van der Waals surface area contributed by atoms with E-state index in [1.165, 1.54) is 6.20 Å². The van der Waals surface area contributed by atoms with E-state index in [0.29, 0.717) is 22.6 Å². The molecule has 1 aliphatic heterocycles. The number of nitrogens with one attached hydrogen (secondary N) is 1. The largest absolute Gasteiger partial charge is 0.405 e. The summed E-state index contributed by atoms with van der Waals surface area (Å²) in [6.07, 6.45) is 6.58. The third-order valence-electron chi connectivity index (χ3n) is 4.06. The van der Waals surface area contributed by atoms with Crippen LogP contribution in [-0.4, -0.2) is 36.0 Å². The molecule has 1 aromatic heterocycles. The molecule has 25 heavy (non-hydrogen) atoms. The number of rotatable bonds is 5. The second-order valence-corrected chi connectivity index (χ2v) is 5.87. The van der Waals surface area contributed by atoms with Crippen LogP contribution in [0.4, 0.5) is 17.2 Å². The molecule has 0 amide bonds. The zero-order valence-corrected chi connectivity index (χ0v) is 13.8. The number of aromatic nitrogens is 1. The molecule has 0 aliphatic carbocycles. The number of benzene rings is 1. The fourth-order valence-electron chi connectivity index (χ4n) is 2.65. The predicted molar refractivity (Wildman–Crippen MR) is 103 cm³/mol. The van der Waals surface area contributed by atoms with Crippen molar-refractivity contribution < 1.29 is 0 Å². The molecular formula is C18H21N7. The van der Waals surface area contributed by atoms with Crippen molar-refractivity contribution in [3.05, 3.63) is 59.9 Å². The second-order valence-electron chi connectivity index (χ2n) is 5.87. The van der Waals surface area contributed by atoms with E-state index in [4.69, 9.17) is 22.6 Å². The molecule has 1 fully saturated rings. The minimum Gasteiger partial charge on any atom is -0.405 e. The van der Waals surface area contributed by atoms with Gasteiger partial charge in [0.2, 0.25) is 0 Å². The molecule has 0 saturated carbocycles. The van der Waals surface area contributed by atoms with Gasteiger partial charge in [-0.2, -0.15) is 0 Å². The molecule has 0 bridgehead atoms. The number of anilines is 3. The monoisotopic (exact) mass is 335 g/mol. The Hall–Kier alpha value is -3.35. The lowest BCUT2D eigenvalue weighted by molar-refractivity contribution is 0.518. The van der Waals surface area contributed by atoms with Crippen molar-refractivity contribution in [2.45, 2.75) is 6.04 Å². The Morgan fingerprint density at radius 1 is 1.24 bits per heavy atom. The van der Waals surface area contributed by atoms with Crippen LogP contribution < -0.4 is 22.1 Å². The van der Waals surface area contributed by atoms with Crippen LogP contribution in [0, 0.1) is 5.41 Å². The third-order valence-corrected chi connectivity index (χ3v) is 4.06. The van der Waals surface area contributed by atoms with Gasteiger partial charge in [-0.15, -0.1) is 0 Å². The predicted octanol–water partition coefficient (Wildman–Crippen LogP) is 1.39. The summed E-state index contributed by atoms with van der Waals surface area (Å²) < 4.78 is 0. The maximum absolute atomic E-state index is 8.45. The first-order valence-electron chi connectivity index (χ1n) is 7.94. The Kier molecular flexibility index (Phi) is 4.65. The molecule has 7 N–H and O–H groups in total. The molecule has 1 aliphatic rings. The number of nitrogens with two attached hydrogens (primary N) is 3. The first kappa shape index (κ1) is 16.5. The highest BCUT2D eigenvalue weighted by atomic mass is 15.3. The van der Waals surface area contributed by atoms with Gasteiger partial charge in [0, 0.05) is 48.0 Å². The second kappa shape index (κ2) is 7.04. The summed E-state index contributed by atoms with van der Waals surface area (Å²) in [6.45, 7) is 1.58. The first-order valence-corrected chi connectivity index (χ1v) is 7.94. The fraction of sp³-hybridized carbons (Fsp3) is 0.167. The summed E-state index contributed by atoms with van der Waals surface area (Å²) in [6, 6.07) is 9.10. The summed E-state index contributed by atoms with van der Waals surface area (Å²) in [5.41, 5.74) is 19.9. The van der Waals surface area contributed by atoms with Crippen LogP contribution in [0.3, 0.4) is 0 Å². The van der Waals surface area contributed by atoms with E-state index in [9.17, 15) is 0 Å². The van der Waals surface area contributed by atoms with Crippen molar-refractivity contribution in [2.75, 3.05) is 29.5 Å². The van der Waals surface area contributed by atoms with Crippen molar-refractivity contribution in [2.24, 2.45) is 10.7 Å². The van der Waals surface area contributed by atoms with E-state index >= 15 is 0 Å². The lowest BCUT2D eigenvalue weighted by Gasteiger charge is -2.37. The molecule has 3 rings (SSSR count). The van der Waals surface area contributed by atoms with Gasteiger partial charge in [0.05, 0.1) is 11.8 Å². The van der Waals surface area contributed by atoms with Gasteiger partial charge >= 0.3 is 0 Å². The minimum absolute atomic E-state index is 0.241. The van der Waals surface area contributed by atoms with Crippen molar-refractivity contribution >= 4 is 29.1 Å². The van der Waals surface area contributed by atoms with Crippen LogP contribution in [0.15, 0.2) is 53.8 Å². The van der Waals surface area contributed by atoms with Gasteiger partial charge in [-0.25, -0.2) is 4.98 Å². The zero-order valence-electron chi connectivity index (χ0n) is 13.8. The van der Waals surface area contributed by atoms with Gasteiger partial charge in [0.1, 0.15) is 5.82 Å². The third kappa shape index (κ3) is 3.60. The smallest absolute Gasteiger partial charge is 0.129 e. The maximum atomic E-state index is 8.45. The molecule has 2 aromatic rings. The quantitative estimate of drug-likeness (QED) is 0.484. The van der Waals surface area contributed by atoms with E-state index in [1.807, 2.05) is 6.07 Å². The molecule has 7 nitrogen and oxygen atoms in total. The average Bonchev–Trinajstić information content (AvgIpc) is 2.58. The van der Waals surface area contributed by atoms with Crippen molar-refractivity contribution in [1.29, 1.82) is 5.41 Å². The van der Waals surface area contributed by atoms with Crippen molar-refractivity contribution in [3.8, 4) is 0 Å². The highest BCUT2D eigenvalue weighted by Gasteiger charge is 2.27. The van der Waals surface area contributed by atoms with E-state index in [0.717, 1.165) is 24.5 Å². The normalized spacial score (nSPS) is 15.0. The number of allylic oxidation sites excluding steroid dienone is 1. The lowest BCUT2D eigenvalue weighted by Crippen LogP contribution is -2.50. The summed E-state index contributed by atoms with van der Waals surface area (Å²) >= 11 is 0. The summed E-state index contributed by atoms with van der Waals surface area (Å²) in [5, 5.41) is 8.45. The SMILES string of the molecule is N=C(c1ccnc(N2CC(N=CC=CN)C2)c1)c1cc(N)ccc1N. The van der Waals surface area contributed by atoms with Crippen LogP contribution >= 0.6 is 0 Å². The van der Waals surface area contributed by atoms with Crippen molar-refractivity contribution in [1.82, 2.24) is 4.98 Å². The number of pyridine rings is 1. The van der Waals surface area contributed by atoms with Gasteiger partial charge in [-0.05, 0) is 42.6 Å². The number of aliphatic imine (C=N–C) groups is 1. The van der Waals surface area contributed by atoms with Gasteiger partial charge in [0.15, 0.2) is 0 Å². The van der Waals surface area contributed by atoms with Crippen LogP contribution in [0.25, 0.3) is 0 Å². The molecule has 0 spiro atoms. The molecule has 1 aromatic carbocycles. The van der Waals surface area contributed by atoms with Crippen LogP contribution in [0.2, 0.25) is 0 Å². The average molecular weight is 335 g/mol. The van der Waals surface area contributed by atoms with Gasteiger partial charge in [0.25, 0.3) is 0 Å². The topological polar surface area (TPSA) is 130 Å². The Balaban J connectivity index is 1.74. The Morgan fingerprint density at radius 2 is 2.04 bits per heavy atom. The number of nitrogens with zero attached hydrogens (tertiary/aromatic N) is 3. The molecular weight excluding hydrogens is 314 g/mol. The molecule has 0 atom stereocenters. The summed E-state index contributed by atoms with van der Waals surface area (Å²) in [7, 11) is 0. The van der Waals surface area contributed by atoms with Gasteiger partial charge < -0.3 is 22.1 Å². The number of nitrogen functional groups attached to an aromatic ring is 2. The maximum Gasteiger partial charge on any atom is 0.129 e. The molecule has 7 heteroatoms. The Bertz CT molecular complexity index is 835. The summed E-state index contributed by atoms with van der Waals surface area (Å²) in [5.74, 6) is 0.825. The fourth-order valence-corrected chi connectivity index (χ4v) is 2.65. The molecule has 0 radical (unpaired) electrons. The van der Waals surface area contributed by atoms with E-state index in [2.05, 4.69) is 14.9 Å².